The Bertz CT molecular complexity index is 618. The summed E-state index contributed by atoms with van der Waals surface area (Å²) in [5, 5.41) is 0.605. The summed E-state index contributed by atoms with van der Waals surface area (Å²) >= 11 is 5.76. The number of nitrogen functional groups attached to an aromatic ring is 1. The highest BCUT2D eigenvalue weighted by molar-refractivity contribution is 6.30. The van der Waals surface area contributed by atoms with Crippen molar-refractivity contribution in [1.29, 1.82) is 0 Å². The van der Waals surface area contributed by atoms with Crippen LogP contribution in [0, 0.1) is 12.7 Å². The van der Waals surface area contributed by atoms with Gasteiger partial charge in [0.15, 0.2) is 0 Å². The summed E-state index contributed by atoms with van der Waals surface area (Å²) in [5.74, 6) is -1.14. The first-order valence-electron chi connectivity index (χ1n) is 5.94. The highest BCUT2D eigenvalue weighted by atomic mass is 35.5. The van der Waals surface area contributed by atoms with Gasteiger partial charge in [-0.1, -0.05) is 23.7 Å². The van der Waals surface area contributed by atoms with Crippen LogP contribution in [-0.2, 0) is 11.3 Å². The van der Waals surface area contributed by atoms with E-state index in [-0.39, 0.29) is 17.9 Å². The molecule has 0 aromatic heterocycles. The molecule has 0 aliphatic rings. The molecule has 104 valence electrons. The molecule has 2 aromatic rings. The molecule has 5 heteroatoms. The van der Waals surface area contributed by atoms with Crippen LogP contribution in [-0.4, -0.2) is 5.97 Å². The molecule has 3 nitrogen and oxygen atoms in total. The van der Waals surface area contributed by atoms with Crippen molar-refractivity contribution in [1.82, 2.24) is 0 Å². The standard InChI is InChI=1S/C15H13ClFNO2/c1-9-13(17)6-11(7-14(9)18)15(19)20-8-10-2-4-12(16)5-3-10/h2-7H,8,18H2,1H3. The lowest BCUT2D eigenvalue weighted by molar-refractivity contribution is 0.0472. The van der Waals surface area contributed by atoms with Crippen molar-refractivity contribution in [2.24, 2.45) is 0 Å². The Morgan fingerprint density at radius 3 is 2.55 bits per heavy atom. The van der Waals surface area contributed by atoms with Gasteiger partial charge in [-0.15, -0.1) is 0 Å². The van der Waals surface area contributed by atoms with Crippen molar-refractivity contribution in [2.45, 2.75) is 13.5 Å². The summed E-state index contributed by atoms with van der Waals surface area (Å²) in [6.07, 6.45) is 0. The average molecular weight is 294 g/mol. The molecule has 2 N–H and O–H groups in total. The number of hydrogen-bond acceptors (Lipinski definition) is 3. The number of hydrogen-bond donors (Lipinski definition) is 1. The molecule has 0 heterocycles. The predicted octanol–water partition coefficient (Wildman–Crippen LogP) is 3.73. The summed E-state index contributed by atoms with van der Waals surface area (Å²) in [4.78, 5) is 11.8. The van der Waals surface area contributed by atoms with Gasteiger partial charge >= 0.3 is 5.97 Å². The molecule has 0 unspecified atom stereocenters. The monoisotopic (exact) mass is 293 g/mol. The molecule has 0 saturated heterocycles. The van der Waals surface area contributed by atoms with Crippen LogP contribution >= 0.6 is 11.6 Å². The maximum atomic E-state index is 13.5. The summed E-state index contributed by atoms with van der Waals surface area (Å²) in [7, 11) is 0. The number of benzene rings is 2. The van der Waals surface area contributed by atoms with E-state index in [0.29, 0.717) is 10.6 Å². The second-order valence-electron chi connectivity index (χ2n) is 4.37. The highest BCUT2D eigenvalue weighted by Gasteiger charge is 2.12. The molecule has 0 atom stereocenters. The summed E-state index contributed by atoms with van der Waals surface area (Å²) < 4.78 is 18.6. The van der Waals surface area contributed by atoms with E-state index in [1.807, 2.05) is 0 Å². The number of anilines is 1. The Balaban J connectivity index is 2.07. The fourth-order valence-corrected chi connectivity index (χ4v) is 1.76. The fraction of sp³-hybridized carbons (Fsp3) is 0.133. The zero-order chi connectivity index (χ0) is 14.7. The van der Waals surface area contributed by atoms with E-state index in [2.05, 4.69) is 0 Å². The molecule has 0 amide bonds. The minimum Gasteiger partial charge on any atom is -0.457 e. The van der Waals surface area contributed by atoms with Crippen LogP contribution in [0.25, 0.3) is 0 Å². The number of halogens is 2. The van der Waals surface area contributed by atoms with Crippen LogP contribution in [0.5, 0.6) is 0 Å². The van der Waals surface area contributed by atoms with Gasteiger partial charge in [0.05, 0.1) is 5.56 Å². The molecule has 0 aliphatic carbocycles. The van der Waals surface area contributed by atoms with E-state index < -0.39 is 11.8 Å². The molecular formula is C15H13ClFNO2. The predicted molar refractivity (Wildman–Crippen MR) is 76.1 cm³/mol. The van der Waals surface area contributed by atoms with Crippen molar-refractivity contribution < 1.29 is 13.9 Å². The first kappa shape index (κ1) is 14.3. The smallest absolute Gasteiger partial charge is 0.338 e. The highest BCUT2D eigenvalue weighted by Crippen LogP contribution is 2.19. The van der Waals surface area contributed by atoms with Gasteiger partial charge in [-0.3, -0.25) is 0 Å². The first-order valence-corrected chi connectivity index (χ1v) is 6.32. The largest absolute Gasteiger partial charge is 0.457 e. The molecule has 0 bridgehead atoms. The molecule has 0 fully saturated rings. The number of nitrogens with two attached hydrogens (primary N) is 1. The van der Waals surface area contributed by atoms with Crippen molar-refractivity contribution >= 4 is 23.3 Å². The first-order chi connectivity index (χ1) is 9.47. The van der Waals surface area contributed by atoms with Crippen molar-refractivity contribution in [3.05, 3.63) is 63.9 Å². The molecular weight excluding hydrogens is 281 g/mol. The molecule has 0 saturated carbocycles. The lowest BCUT2D eigenvalue weighted by Gasteiger charge is -2.08. The number of carbonyl (C=O) groups excluding carboxylic acids is 1. The van der Waals surface area contributed by atoms with E-state index in [1.165, 1.54) is 6.07 Å². The minimum absolute atomic E-state index is 0.0887. The Morgan fingerprint density at radius 2 is 1.95 bits per heavy atom. The maximum Gasteiger partial charge on any atom is 0.338 e. The van der Waals surface area contributed by atoms with Crippen LogP contribution in [0.2, 0.25) is 5.02 Å². The molecule has 0 spiro atoms. The van der Waals surface area contributed by atoms with Crippen LogP contribution in [0.1, 0.15) is 21.5 Å². The van der Waals surface area contributed by atoms with E-state index in [9.17, 15) is 9.18 Å². The summed E-state index contributed by atoms with van der Waals surface area (Å²) in [6.45, 7) is 1.64. The molecule has 2 aromatic carbocycles. The van der Waals surface area contributed by atoms with Crippen LogP contribution < -0.4 is 5.73 Å². The van der Waals surface area contributed by atoms with Gasteiger partial charge in [-0.25, -0.2) is 9.18 Å². The van der Waals surface area contributed by atoms with Gasteiger partial charge in [-0.2, -0.15) is 0 Å². The third-order valence-electron chi connectivity index (χ3n) is 2.90. The third-order valence-corrected chi connectivity index (χ3v) is 3.16. The molecule has 2 rings (SSSR count). The van der Waals surface area contributed by atoms with E-state index >= 15 is 0 Å². The van der Waals surface area contributed by atoms with Crippen LogP contribution in [0.15, 0.2) is 36.4 Å². The van der Waals surface area contributed by atoms with Gasteiger partial charge in [0.1, 0.15) is 12.4 Å². The molecule has 0 aliphatic heterocycles. The Labute approximate surface area is 121 Å². The lowest BCUT2D eigenvalue weighted by atomic mass is 10.1. The summed E-state index contributed by atoms with van der Waals surface area (Å²) in [5.41, 5.74) is 7.06. The van der Waals surface area contributed by atoms with Crippen molar-refractivity contribution in [3.63, 3.8) is 0 Å². The van der Waals surface area contributed by atoms with E-state index in [0.717, 1.165) is 11.6 Å². The Morgan fingerprint density at radius 1 is 1.30 bits per heavy atom. The number of esters is 1. The van der Waals surface area contributed by atoms with Gasteiger partial charge in [0, 0.05) is 16.3 Å². The maximum absolute atomic E-state index is 13.5. The normalized spacial score (nSPS) is 10.3. The van der Waals surface area contributed by atoms with Gasteiger partial charge < -0.3 is 10.5 Å². The lowest BCUT2D eigenvalue weighted by Crippen LogP contribution is -2.07. The van der Waals surface area contributed by atoms with Gasteiger partial charge in [0.2, 0.25) is 0 Å². The molecule has 0 radical (unpaired) electrons. The fourth-order valence-electron chi connectivity index (χ4n) is 1.63. The van der Waals surface area contributed by atoms with Crippen molar-refractivity contribution in [2.75, 3.05) is 5.73 Å². The zero-order valence-electron chi connectivity index (χ0n) is 10.8. The number of ether oxygens (including phenoxy) is 1. The molecule has 20 heavy (non-hydrogen) atoms. The topological polar surface area (TPSA) is 52.3 Å². The third kappa shape index (κ3) is 3.27. The minimum atomic E-state index is -0.620. The van der Waals surface area contributed by atoms with Gasteiger partial charge in [0.25, 0.3) is 0 Å². The second-order valence-corrected chi connectivity index (χ2v) is 4.81. The quantitative estimate of drug-likeness (QED) is 0.693. The van der Waals surface area contributed by atoms with Crippen LogP contribution in [0.3, 0.4) is 0 Å². The SMILES string of the molecule is Cc1c(N)cc(C(=O)OCc2ccc(Cl)cc2)cc1F. The van der Waals surface area contributed by atoms with Gasteiger partial charge in [-0.05, 0) is 36.8 Å². The van der Waals surface area contributed by atoms with E-state index in [4.69, 9.17) is 22.1 Å². The zero-order valence-corrected chi connectivity index (χ0v) is 11.6. The van der Waals surface area contributed by atoms with Crippen molar-refractivity contribution in [3.8, 4) is 0 Å². The average Bonchev–Trinajstić information content (AvgIpc) is 2.43. The second kappa shape index (κ2) is 5.92. The summed E-state index contributed by atoms with van der Waals surface area (Å²) in [6, 6.07) is 9.43. The van der Waals surface area contributed by atoms with E-state index in [1.54, 1.807) is 31.2 Å². The number of rotatable bonds is 3. The Kier molecular flexibility index (Phi) is 4.25. The number of carbonyl (C=O) groups is 1. The van der Waals surface area contributed by atoms with Crippen LogP contribution in [0.4, 0.5) is 10.1 Å². The Hall–Kier alpha value is -2.07.